The quantitative estimate of drug-likeness (QED) is 0.306. The molecule has 0 aliphatic carbocycles. The summed E-state index contributed by atoms with van der Waals surface area (Å²) in [6.45, 7) is 3.91. The van der Waals surface area contributed by atoms with Crippen molar-refractivity contribution in [3.05, 3.63) is 90.0 Å². The molecular weight excluding hydrogens is 414 g/mol. The fraction of sp³-hybridized carbons (Fsp3) is 0.148. The van der Waals surface area contributed by atoms with Crippen LogP contribution in [-0.4, -0.2) is 30.3 Å². The van der Waals surface area contributed by atoms with E-state index in [1.54, 1.807) is 19.4 Å². The lowest BCUT2D eigenvalue weighted by Crippen LogP contribution is -2.18. The number of ether oxygens (including phenoxy) is 2. The van der Waals surface area contributed by atoms with Crippen molar-refractivity contribution < 1.29 is 14.3 Å². The van der Waals surface area contributed by atoms with Gasteiger partial charge in [0.05, 0.1) is 36.2 Å². The summed E-state index contributed by atoms with van der Waals surface area (Å²) >= 11 is 0. The zero-order chi connectivity index (χ0) is 23.2. The summed E-state index contributed by atoms with van der Waals surface area (Å²) in [7, 11) is 1.59. The van der Waals surface area contributed by atoms with E-state index in [1.807, 2.05) is 86.6 Å². The fourth-order valence-electron chi connectivity index (χ4n) is 3.46. The number of hydrogen-bond donors (Lipinski definition) is 1. The van der Waals surface area contributed by atoms with Crippen LogP contribution in [0.25, 0.3) is 22.2 Å². The van der Waals surface area contributed by atoms with Crippen LogP contribution in [-0.2, 0) is 0 Å². The predicted octanol–water partition coefficient (Wildman–Crippen LogP) is 5.46. The Balaban J connectivity index is 1.59. The minimum atomic E-state index is -0.311. The molecule has 3 aromatic carbocycles. The highest BCUT2D eigenvalue weighted by Gasteiger charge is 2.13. The maximum atomic E-state index is 13.0. The molecule has 0 saturated heterocycles. The minimum Gasteiger partial charge on any atom is -0.493 e. The zero-order valence-electron chi connectivity index (χ0n) is 18.8. The number of benzene rings is 3. The summed E-state index contributed by atoms with van der Waals surface area (Å²) in [6, 6.07) is 24.6. The van der Waals surface area contributed by atoms with Crippen LogP contribution in [0.15, 0.2) is 84.0 Å². The predicted molar refractivity (Wildman–Crippen MR) is 131 cm³/mol. The molecule has 6 nitrogen and oxygen atoms in total. The number of methoxy groups -OCH3 is 1. The van der Waals surface area contributed by atoms with Crippen molar-refractivity contribution >= 4 is 23.0 Å². The molecule has 0 aliphatic rings. The Hall–Kier alpha value is -4.19. The smallest absolute Gasteiger partial charge is 0.272 e. The van der Waals surface area contributed by atoms with E-state index < -0.39 is 0 Å². The molecule has 0 bridgehead atoms. The molecular formula is C27H25N3O3. The number of para-hydroxylation sites is 1. The molecule has 4 aromatic rings. The molecule has 1 N–H and O–H groups in total. The van der Waals surface area contributed by atoms with E-state index in [0.29, 0.717) is 17.1 Å². The highest BCUT2D eigenvalue weighted by atomic mass is 16.5. The third-order valence-corrected chi connectivity index (χ3v) is 4.96. The molecule has 166 valence electrons. The number of nitrogens with zero attached hydrogens (tertiary/aromatic N) is 2. The van der Waals surface area contributed by atoms with Crippen molar-refractivity contribution in [3.8, 4) is 22.8 Å². The number of carbonyl (C=O) groups is 1. The standard InChI is InChI=1S/C27H25N3O3/c1-18(2)33-25-14-13-19(15-26(25)32-3)17-28-30-27(31)22-16-24(20-9-5-4-6-10-20)29-23-12-8-7-11-21(22)23/h4-18H,1-3H3,(H,30,31)/b28-17+. The van der Waals surface area contributed by atoms with Gasteiger partial charge >= 0.3 is 0 Å². The number of hydrogen-bond acceptors (Lipinski definition) is 5. The molecule has 0 radical (unpaired) electrons. The van der Waals surface area contributed by atoms with Gasteiger partial charge in [-0.2, -0.15) is 5.10 Å². The Morgan fingerprint density at radius 3 is 2.48 bits per heavy atom. The Morgan fingerprint density at radius 2 is 1.73 bits per heavy atom. The zero-order valence-corrected chi connectivity index (χ0v) is 18.8. The lowest BCUT2D eigenvalue weighted by atomic mass is 10.0. The summed E-state index contributed by atoms with van der Waals surface area (Å²) in [6.07, 6.45) is 1.61. The van der Waals surface area contributed by atoms with E-state index in [4.69, 9.17) is 14.5 Å². The SMILES string of the molecule is COc1cc(/C=N/NC(=O)c2cc(-c3ccccc3)nc3ccccc23)ccc1OC(C)C. The van der Waals surface area contributed by atoms with Crippen LogP contribution < -0.4 is 14.9 Å². The maximum Gasteiger partial charge on any atom is 0.272 e. The number of rotatable bonds is 7. The van der Waals surface area contributed by atoms with E-state index in [1.165, 1.54) is 0 Å². The van der Waals surface area contributed by atoms with Gasteiger partial charge in [0.15, 0.2) is 11.5 Å². The second-order valence-corrected chi connectivity index (χ2v) is 7.71. The van der Waals surface area contributed by atoms with Crippen molar-refractivity contribution in [2.24, 2.45) is 5.10 Å². The summed E-state index contributed by atoms with van der Waals surface area (Å²) in [5.41, 5.74) is 6.33. The second-order valence-electron chi connectivity index (χ2n) is 7.71. The van der Waals surface area contributed by atoms with Crippen molar-refractivity contribution in [2.75, 3.05) is 7.11 Å². The molecule has 1 aromatic heterocycles. The summed E-state index contributed by atoms with van der Waals surface area (Å²) < 4.78 is 11.1. The van der Waals surface area contributed by atoms with Crippen LogP contribution in [0.4, 0.5) is 0 Å². The number of carbonyl (C=O) groups excluding carboxylic acids is 1. The maximum absolute atomic E-state index is 13.0. The lowest BCUT2D eigenvalue weighted by Gasteiger charge is -2.13. The topological polar surface area (TPSA) is 72.8 Å². The van der Waals surface area contributed by atoms with Gasteiger partial charge in [-0.1, -0.05) is 48.5 Å². The van der Waals surface area contributed by atoms with Gasteiger partial charge in [-0.15, -0.1) is 0 Å². The van der Waals surface area contributed by atoms with Crippen molar-refractivity contribution in [3.63, 3.8) is 0 Å². The van der Waals surface area contributed by atoms with Gasteiger partial charge in [0.2, 0.25) is 0 Å². The second kappa shape index (κ2) is 9.96. The van der Waals surface area contributed by atoms with Gasteiger partial charge in [0.1, 0.15) is 0 Å². The first-order valence-electron chi connectivity index (χ1n) is 10.7. The number of fused-ring (bicyclic) bond motifs is 1. The Bertz CT molecular complexity index is 1300. The molecule has 4 rings (SSSR count). The van der Waals surface area contributed by atoms with Gasteiger partial charge in [-0.3, -0.25) is 4.79 Å². The summed E-state index contributed by atoms with van der Waals surface area (Å²) in [4.78, 5) is 17.8. The summed E-state index contributed by atoms with van der Waals surface area (Å²) in [5, 5.41) is 4.92. The van der Waals surface area contributed by atoms with Crippen LogP contribution in [0.2, 0.25) is 0 Å². The lowest BCUT2D eigenvalue weighted by molar-refractivity contribution is 0.0956. The highest BCUT2D eigenvalue weighted by molar-refractivity contribution is 6.07. The van der Waals surface area contributed by atoms with Crippen LogP contribution in [0.1, 0.15) is 29.8 Å². The third-order valence-electron chi connectivity index (χ3n) is 4.96. The number of amides is 1. The van der Waals surface area contributed by atoms with Crippen LogP contribution in [0.3, 0.4) is 0 Å². The number of hydrazone groups is 1. The van der Waals surface area contributed by atoms with Gasteiger partial charge < -0.3 is 9.47 Å². The average Bonchev–Trinajstić information content (AvgIpc) is 2.84. The van der Waals surface area contributed by atoms with Crippen LogP contribution in [0, 0.1) is 0 Å². The molecule has 1 amide bonds. The van der Waals surface area contributed by atoms with E-state index in [9.17, 15) is 4.79 Å². The summed E-state index contributed by atoms with van der Waals surface area (Å²) in [5.74, 6) is 0.950. The third kappa shape index (κ3) is 5.18. The molecule has 0 spiro atoms. The van der Waals surface area contributed by atoms with Gasteiger partial charge in [0, 0.05) is 10.9 Å². The molecule has 0 saturated carbocycles. The molecule has 0 unspecified atom stereocenters. The minimum absolute atomic E-state index is 0.0358. The molecule has 0 atom stereocenters. The normalized spacial score (nSPS) is 11.2. The van der Waals surface area contributed by atoms with Crippen molar-refractivity contribution in [1.29, 1.82) is 0 Å². The Kier molecular flexibility index (Phi) is 6.64. The van der Waals surface area contributed by atoms with Gasteiger partial charge in [-0.05, 0) is 49.7 Å². The molecule has 33 heavy (non-hydrogen) atoms. The van der Waals surface area contributed by atoms with Gasteiger partial charge in [-0.25, -0.2) is 10.4 Å². The molecule has 0 fully saturated rings. The average molecular weight is 440 g/mol. The number of aromatic nitrogens is 1. The largest absolute Gasteiger partial charge is 0.493 e. The Labute approximate surface area is 192 Å². The fourth-order valence-corrected chi connectivity index (χ4v) is 3.46. The van der Waals surface area contributed by atoms with E-state index in [-0.39, 0.29) is 12.0 Å². The van der Waals surface area contributed by atoms with Gasteiger partial charge in [0.25, 0.3) is 5.91 Å². The highest BCUT2D eigenvalue weighted by Crippen LogP contribution is 2.28. The first kappa shape index (κ1) is 22.0. The Morgan fingerprint density at radius 1 is 0.970 bits per heavy atom. The molecule has 0 aliphatic heterocycles. The van der Waals surface area contributed by atoms with Crippen LogP contribution in [0.5, 0.6) is 11.5 Å². The van der Waals surface area contributed by atoms with Crippen molar-refractivity contribution in [2.45, 2.75) is 20.0 Å². The van der Waals surface area contributed by atoms with E-state index in [2.05, 4.69) is 10.5 Å². The van der Waals surface area contributed by atoms with E-state index in [0.717, 1.165) is 27.7 Å². The van der Waals surface area contributed by atoms with E-state index >= 15 is 0 Å². The molecule has 6 heteroatoms. The first-order valence-corrected chi connectivity index (χ1v) is 10.7. The van der Waals surface area contributed by atoms with Crippen LogP contribution >= 0.6 is 0 Å². The monoisotopic (exact) mass is 439 g/mol. The molecule has 1 heterocycles. The van der Waals surface area contributed by atoms with Crippen molar-refractivity contribution in [1.82, 2.24) is 10.4 Å². The number of nitrogens with one attached hydrogen (secondary N) is 1. The first-order chi connectivity index (χ1) is 16.0. The number of pyridine rings is 1.